The first-order chi connectivity index (χ1) is 15.9. The van der Waals surface area contributed by atoms with E-state index in [0.29, 0.717) is 31.1 Å². The van der Waals surface area contributed by atoms with Crippen LogP contribution in [0.3, 0.4) is 0 Å². The Morgan fingerprint density at radius 1 is 1.15 bits per heavy atom. The van der Waals surface area contributed by atoms with Crippen molar-refractivity contribution in [2.75, 3.05) is 37.7 Å². The highest BCUT2D eigenvalue weighted by atomic mass is 35.5. The number of amides is 1. The van der Waals surface area contributed by atoms with Crippen LogP contribution in [0.25, 0.3) is 0 Å². The first-order valence-electron chi connectivity index (χ1n) is 10.6. The standard InChI is InChI=1S/C22H25ClF3N3O4S/c1-3-33-20-8-7-18(14-19(20)23)34(31,32)27-15(2)21(30)29-11-9-28(10-12-29)17-6-4-5-16(13-17)22(24,25)26/h4-8,13-15,27H,3,9-12H2,1-2H3/t15-/m0/s1. The number of carbonyl (C=O) groups excluding carboxylic acids is 1. The van der Waals surface area contributed by atoms with Crippen molar-refractivity contribution in [2.24, 2.45) is 0 Å². The van der Waals surface area contributed by atoms with Crippen LogP contribution < -0.4 is 14.4 Å². The SMILES string of the molecule is CCOc1ccc(S(=O)(=O)N[C@@H](C)C(=O)N2CCN(c3cccc(C(F)(F)F)c3)CC2)cc1Cl. The van der Waals surface area contributed by atoms with Crippen LogP contribution in [0, 0.1) is 0 Å². The largest absolute Gasteiger partial charge is 0.492 e. The van der Waals surface area contributed by atoms with Gasteiger partial charge in [-0.05, 0) is 50.2 Å². The van der Waals surface area contributed by atoms with Crippen molar-refractivity contribution in [3.8, 4) is 5.75 Å². The zero-order chi connectivity index (χ0) is 25.1. The number of hydrogen-bond donors (Lipinski definition) is 1. The molecule has 1 fully saturated rings. The molecule has 7 nitrogen and oxygen atoms in total. The minimum Gasteiger partial charge on any atom is -0.492 e. The topological polar surface area (TPSA) is 78.9 Å². The van der Waals surface area contributed by atoms with Gasteiger partial charge >= 0.3 is 6.18 Å². The summed E-state index contributed by atoms with van der Waals surface area (Å²) in [6.45, 7) is 4.72. The summed E-state index contributed by atoms with van der Waals surface area (Å²) in [4.78, 5) is 16.0. The van der Waals surface area contributed by atoms with Crippen LogP contribution in [0.4, 0.5) is 18.9 Å². The average Bonchev–Trinajstić information content (AvgIpc) is 2.79. The minimum atomic E-state index is -4.44. The summed E-state index contributed by atoms with van der Waals surface area (Å²) < 4.78 is 72.1. The van der Waals surface area contributed by atoms with Crippen molar-refractivity contribution in [1.29, 1.82) is 0 Å². The molecule has 0 radical (unpaired) electrons. The second kappa shape index (κ2) is 10.4. The van der Waals surface area contributed by atoms with E-state index in [2.05, 4.69) is 4.72 Å². The highest BCUT2D eigenvalue weighted by molar-refractivity contribution is 7.89. The highest BCUT2D eigenvalue weighted by Gasteiger charge is 2.32. The van der Waals surface area contributed by atoms with E-state index in [0.717, 1.165) is 12.1 Å². The maximum absolute atomic E-state index is 13.0. The van der Waals surface area contributed by atoms with Gasteiger partial charge in [0.15, 0.2) is 0 Å². The Balaban J connectivity index is 1.61. The van der Waals surface area contributed by atoms with Crippen LogP contribution in [0.2, 0.25) is 5.02 Å². The predicted octanol–water partition coefficient (Wildman–Crippen LogP) is 3.77. The van der Waals surface area contributed by atoms with Crippen LogP contribution in [0.5, 0.6) is 5.75 Å². The number of nitrogens with zero attached hydrogens (tertiary/aromatic N) is 2. The fourth-order valence-corrected chi connectivity index (χ4v) is 5.13. The van der Waals surface area contributed by atoms with Gasteiger partial charge in [0.05, 0.1) is 28.1 Å². The number of ether oxygens (including phenoxy) is 1. The van der Waals surface area contributed by atoms with Gasteiger partial charge in [0.1, 0.15) is 5.75 Å². The van der Waals surface area contributed by atoms with Gasteiger partial charge in [-0.1, -0.05) is 17.7 Å². The van der Waals surface area contributed by atoms with E-state index in [1.807, 2.05) is 0 Å². The van der Waals surface area contributed by atoms with Gasteiger partial charge in [-0.2, -0.15) is 17.9 Å². The Morgan fingerprint density at radius 3 is 2.41 bits per heavy atom. The molecule has 0 spiro atoms. The van der Waals surface area contributed by atoms with E-state index in [9.17, 15) is 26.4 Å². The molecule has 1 saturated heterocycles. The molecule has 0 unspecified atom stereocenters. The fourth-order valence-electron chi connectivity index (χ4n) is 3.61. The smallest absolute Gasteiger partial charge is 0.416 e. The van der Waals surface area contributed by atoms with Crippen molar-refractivity contribution >= 4 is 33.2 Å². The molecule has 1 aliphatic rings. The molecule has 0 aromatic heterocycles. The predicted molar refractivity (Wildman–Crippen MR) is 123 cm³/mol. The van der Waals surface area contributed by atoms with Gasteiger partial charge in [-0.25, -0.2) is 8.42 Å². The van der Waals surface area contributed by atoms with Crippen LogP contribution in [-0.2, 0) is 21.0 Å². The molecule has 2 aromatic carbocycles. The van der Waals surface area contributed by atoms with Gasteiger partial charge in [0, 0.05) is 31.9 Å². The minimum absolute atomic E-state index is 0.102. The number of benzene rings is 2. The molecule has 3 rings (SSSR count). The molecule has 0 bridgehead atoms. The summed E-state index contributed by atoms with van der Waals surface area (Å²) in [5, 5.41) is 0.134. The summed E-state index contributed by atoms with van der Waals surface area (Å²) in [6.07, 6.45) is -4.44. The molecule has 2 aromatic rings. The summed E-state index contributed by atoms with van der Waals surface area (Å²) in [7, 11) is -4.02. The number of anilines is 1. The lowest BCUT2D eigenvalue weighted by Gasteiger charge is -2.37. The molecular weight excluding hydrogens is 495 g/mol. The zero-order valence-corrected chi connectivity index (χ0v) is 20.2. The summed E-state index contributed by atoms with van der Waals surface area (Å²) >= 11 is 6.07. The lowest BCUT2D eigenvalue weighted by atomic mass is 10.1. The van der Waals surface area contributed by atoms with E-state index in [1.165, 1.54) is 36.1 Å². The monoisotopic (exact) mass is 519 g/mol. The van der Waals surface area contributed by atoms with Crippen molar-refractivity contribution in [1.82, 2.24) is 9.62 Å². The highest BCUT2D eigenvalue weighted by Crippen LogP contribution is 2.32. The lowest BCUT2D eigenvalue weighted by Crippen LogP contribution is -2.54. The Hall–Kier alpha value is -2.50. The van der Waals surface area contributed by atoms with Gasteiger partial charge in [0.25, 0.3) is 0 Å². The molecule has 1 heterocycles. The maximum atomic E-state index is 13.0. The summed E-state index contributed by atoms with van der Waals surface area (Å²) in [6, 6.07) is 8.01. The van der Waals surface area contributed by atoms with E-state index in [1.54, 1.807) is 17.9 Å². The normalized spacial score (nSPS) is 15.8. The van der Waals surface area contributed by atoms with Crippen LogP contribution >= 0.6 is 11.6 Å². The molecule has 12 heteroatoms. The van der Waals surface area contributed by atoms with Crippen molar-refractivity contribution in [3.05, 3.63) is 53.1 Å². The maximum Gasteiger partial charge on any atom is 0.416 e. The van der Waals surface area contributed by atoms with Gasteiger partial charge < -0.3 is 14.5 Å². The third-order valence-corrected chi connectivity index (χ3v) is 7.18. The van der Waals surface area contributed by atoms with E-state index in [-0.39, 0.29) is 23.0 Å². The average molecular weight is 520 g/mol. The number of alkyl halides is 3. The summed E-state index contributed by atoms with van der Waals surface area (Å²) in [5.74, 6) is -0.0739. The van der Waals surface area contributed by atoms with Gasteiger partial charge in [-0.3, -0.25) is 4.79 Å². The van der Waals surface area contributed by atoms with Crippen molar-refractivity contribution in [2.45, 2.75) is 31.0 Å². The second-order valence-corrected chi connectivity index (χ2v) is 9.85. The molecular formula is C22H25ClF3N3O4S. The molecule has 1 atom stereocenters. The van der Waals surface area contributed by atoms with Crippen LogP contribution in [0.15, 0.2) is 47.4 Å². The van der Waals surface area contributed by atoms with E-state index >= 15 is 0 Å². The van der Waals surface area contributed by atoms with E-state index < -0.39 is 33.7 Å². The molecule has 34 heavy (non-hydrogen) atoms. The Kier molecular flexibility index (Phi) is 7.99. The first-order valence-corrected chi connectivity index (χ1v) is 12.4. The quantitative estimate of drug-likeness (QED) is 0.602. The molecule has 1 aliphatic heterocycles. The van der Waals surface area contributed by atoms with Gasteiger partial charge in [-0.15, -0.1) is 0 Å². The van der Waals surface area contributed by atoms with Crippen LogP contribution in [0.1, 0.15) is 19.4 Å². The van der Waals surface area contributed by atoms with E-state index in [4.69, 9.17) is 16.3 Å². The number of rotatable bonds is 7. The third kappa shape index (κ3) is 6.13. The molecule has 1 amide bonds. The van der Waals surface area contributed by atoms with Crippen molar-refractivity contribution < 1.29 is 31.1 Å². The van der Waals surface area contributed by atoms with Crippen molar-refractivity contribution in [3.63, 3.8) is 0 Å². The number of sulfonamides is 1. The van der Waals surface area contributed by atoms with Crippen LogP contribution in [-0.4, -0.2) is 58.1 Å². The number of halogens is 4. The molecule has 186 valence electrons. The number of carbonyl (C=O) groups is 1. The molecule has 0 saturated carbocycles. The molecule has 1 N–H and O–H groups in total. The first kappa shape index (κ1) is 26.1. The Labute approximate surface area is 201 Å². The van der Waals surface area contributed by atoms with Gasteiger partial charge in [0.2, 0.25) is 15.9 Å². The molecule has 0 aliphatic carbocycles. The Morgan fingerprint density at radius 2 is 1.82 bits per heavy atom. The summed E-state index contributed by atoms with van der Waals surface area (Å²) in [5.41, 5.74) is -0.316. The number of hydrogen-bond acceptors (Lipinski definition) is 5. The lowest BCUT2D eigenvalue weighted by molar-refractivity contribution is -0.137. The number of nitrogens with one attached hydrogen (secondary N) is 1. The Bertz CT molecular complexity index is 1140. The second-order valence-electron chi connectivity index (χ2n) is 7.73. The fraction of sp³-hybridized carbons (Fsp3) is 0.409. The third-order valence-electron chi connectivity index (χ3n) is 5.35. The zero-order valence-electron chi connectivity index (χ0n) is 18.6. The number of piperazine rings is 1.